The van der Waals surface area contributed by atoms with Crippen molar-refractivity contribution >= 4 is 23.4 Å². The lowest BCUT2D eigenvalue weighted by atomic mass is 9.78. The highest BCUT2D eigenvalue weighted by atomic mass is 19.4. The number of aromatic nitrogens is 2. The summed E-state index contributed by atoms with van der Waals surface area (Å²) in [6.45, 7) is -3.35. The van der Waals surface area contributed by atoms with Crippen LogP contribution in [-0.2, 0) is 4.79 Å². The zero-order valence-electron chi connectivity index (χ0n) is 19.3. The highest BCUT2D eigenvalue weighted by Crippen LogP contribution is 2.42. The van der Waals surface area contributed by atoms with Gasteiger partial charge >= 0.3 is 6.18 Å². The Bertz CT molecular complexity index is 1130. The number of nitrogens with zero attached hydrogens (tertiary/aromatic N) is 4. The molecule has 0 bridgehead atoms. The number of hydrogen-bond donors (Lipinski definition) is 1. The van der Waals surface area contributed by atoms with E-state index in [2.05, 4.69) is 14.7 Å². The minimum atomic E-state index is -5.29. The molecule has 2 aromatic rings. The average molecular weight is 473 g/mol. The summed E-state index contributed by atoms with van der Waals surface area (Å²) in [5.74, 6) is -3.21. The van der Waals surface area contributed by atoms with E-state index in [-0.39, 0.29) is 23.8 Å². The third kappa shape index (κ3) is 4.93. The minimum Gasteiger partial charge on any atom is -0.468 e. The third-order valence-corrected chi connectivity index (χ3v) is 5.91. The fourth-order valence-corrected chi connectivity index (χ4v) is 4.48. The van der Waals surface area contributed by atoms with Crippen molar-refractivity contribution in [2.24, 2.45) is 0 Å². The first-order valence-electron chi connectivity index (χ1n) is 11.2. The van der Waals surface area contributed by atoms with Crippen molar-refractivity contribution in [2.45, 2.75) is 43.8 Å². The van der Waals surface area contributed by atoms with Crippen LogP contribution in [0.4, 0.5) is 39.4 Å². The first-order valence-corrected chi connectivity index (χ1v) is 10.2. The predicted molar refractivity (Wildman–Crippen MR) is 110 cm³/mol. The van der Waals surface area contributed by atoms with Gasteiger partial charge in [0.15, 0.2) is 18.2 Å². The Balaban J connectivity index is 1.56. The van der Waals surface area contributed by atoms with E-state index in [9.17, 15) is 26.7 Å². The molecule has 1 spiro atoms. The molecule has 2 fully saturated rings. The van der Waals surface area contributed by atoms with Gasteiger partial charge in [0.25, 0.3) is 0 Å². The molecule has 1 amide bonds. The number of piperidine rings is 2. The number of nitrogens with two attached hydrogens (primary N) is 1. The second-order valence-electron chi connectivity index (χ2n) is 8.02. The van der Waals surface area contributed by atoms with Crippen LogP contribution in [0.2, 0.25) is 0 Å². The molecule has 12 heteroatoms. The van der Waals surface area contributed by atoms with E-state index < -0.39 is 41.7 Å². The second-order valence-corrected chi connectivity index (χ2v) is 8.02. The van der Waals surface area contributed by atoms with Gasteiger partial charge in [0.1, 0.15) is 5.82 Å². The monoisotopic (exact) mass is 473 g/mol. The molecule has 2 aliphatic heterocycles. The van der Waals surface area contributed by atoms with E-state index in [1.807, 2.05) is 0 Å². The molecule has 3 heterocycles. The Labute approximate surface area is 189 Å². The number of ether oxygens (including phenoxy) is 1. The molecule has 1 aromatic carbocycles. The molecule has 178 valence electrons. The molecule has 0 atom stereocenters. The van der Waals surface area contributed by atoms with Crippen LogP contribution in [0.3, 0.4) is 0 Å². The van der Waals surface area contributed by atoms with Gasteiger partial charge in [-0.2, -0.15) is 23.1 Å². The number of carbonyl (C=O) groups excluding carboxylic acids is 1. The molecule has 0 radical (unpaired) electrons. The normalized spacial score (nSPS) is 20.0. The molecule has 0 saturated carbocycles. The predicted octanol–water partition coefficient (Wildman–Crippen LogP) is 3.83. The van der Waals surface area contributed by atoms with Crippen LogP contribution in [0.25, 0.3) is 0 Å². The Morgan fingerprint density at radius 3 is 2.52 bits per heavy atom. The molecule has 2 N–H and O–H groups in total. The molecule has 4 rings (SSSR count). The quantitative estimate of drug-likeness (QED) is 0.680. The first-order chi connectivity index (χ1) is 16.3. The number of anilines is 3. The van der Waals surface area contributed by atoms with Gasteiger partial charge in [-0.15, -0.1) is 0 Å². The average Bonchev–Trinajstić information content (AvgIpc) is 2.75. The van der Waals surface area contributed by atoms with E-state index in [1.165, 1.54) is 11.0 Å². The Morgan fingerprint density at radius 2 is 1.85 bits per heavy atom. The summed E-state index contributed by atoms with van der Waals surface area (Å²) in [6.07, 6.45) is -2.92. The Kier molecular flexibility index (Phi) is 5.35. The van der Waals surface area contributed by atoms with Gasteiger partial charge in [-0.3, -0.25) is 4.79 Å². The lowest BCUT2D eigenvalue weighted by Crippen LogP contribution is -2.60. The number of hydrogen-bond acceptors (Lipinski definition) is 6. The van der Waals surface area contributed by atoms with Crippen LogP contribution in [0.1, 0.15) is 34.8 Å². The van der Waals surface area contributed by atoms with E-state index in [4.69, 9.17) is 8.48 Å². The first kappa shape index (κ1) is 20.4. The molecular weight excluding hydrogens is 449 g/mol. The summed E-state index contributed by atoms with van der Waals surface area (Å²) in [4.78, 5) is 23.6. The fraction of sp³-hybridized carbons (Fsp3) is 0.476. The standard InChI is InChI=1S/C21H22F5N5O2/c22-14-4-3-13(10-15(14)23)31-18(32)2-1-5-20(31)6-8-30(9-7-20)16-11-17(29-19(27)28-16)33-12-21(24,25)26/h3-4,10-11H,1-2,5-9,12H2,(H2,27,28,29)/i12D2. The van der Waals surface area contributed by atoms with Gasteiger partial charge in [0.2, 0.25) is 17.7 Å². The number of amides is 1. The van der Waals surface area contributed by atoms with Crippen LogP contribution < -0.4 is 20.3 Å². The van der Waals surface area contributed by atoms with Crippen molar-refractivity contribution in [1.29, 1.82) is 0 Å². The van der Waals surface area contributed by atoms with Gasteiger partial charge < -0.3 is 20.3 Å². The van der Waals surface area contributed by atoms with Gasteiger partial charge in [-0.05, 0) is 37.8 Å². The van der Waals surface area contributed by atoms with Crippen LogP contribution >= 0.6 is 0 Å². The van der Waals surface area contributed by atoms with Crippen LogP contribution in [-0.4, -0.2) is 47.2 Å². The number of carbonyl (C=O) groups is 1. The lowest BCUT2D eigenvalue weighted by molar-refractivity contribution is -0.154. The molecule has 0 aliphatic carbocycles. The summed E-state index contributed by atoms with van der Waals surface area (Å²) in [7, 11) is 0. The zero-order chi connectivity index (χ0) is 25.6. The zero-order valence-corrected chi connectivity index (χ0v) is 17.3. The molecule has 7 nitrogen and oxygen atoms in total. The highest BCUT2D eigenvalue weighted by Gasteiger charge is 2.45. The minimum absolute atomic E-state index is 0.141. The van der Waals surface area contributed by atoms with Crippen molar-refractivity contribution in [3.63, 3.8) is 0 Å². The Hall–Kier alpha value is -3.18. The lowest BCUT2D eigenvalue weighted by Gasteiger charge is -2.51. The largest absolute Gasteiger partial charge is 0.468 e. The van der Waals surface area contributed by atoms with E-state index >= 15 is 0 Å². The van der Waals surface area contributed by atoms with Crippen molar-refractivity contribution in [3.05, 3.63) is 35.9 Å². The summed E-state index contributed by atoms with van der Waals surface area (Å²) in [6, 6.07) is 4.40. The van der Waals surface area contributed by atoms with E-state index in [1.54, 1.807) is 4.90 Å². The van der Waals surface area contributed by atoms with Crippen LogP contribution in [0.15, 0.2) is 24.3 Å². The van der Waals surface area contributed by atoms with Gasteiger partial charge in [0, 0.05) is 37.3 Å². The topological polar surface area (TPSA) is 84.6 Å². The van der Waals surface area contributed by atoms with Gasteiger partial charge in [0.05, 0.1) is 8.28 Å². The molecule has 1 aromatic heterocycles. The molecule has 2 aliphatic rings. The maximum atomic E-state index is 13.9. The SMILES string of the molecule is [2H]C([2H])(Oc1cc(N2CCC3(CCCC(=O)N3c3ccc(F)c(F)c3)CC2)nc(N)n1)C(F)(F)F. The summed E-state index contributed by atoms with van der Waals surface area (Å²) < 4.78 is 84.6. The number of benzene rings is 1. The van der Waals surface area contributed by atoms with Crippen molar-refractivity contribution in [2.75, 3.05) is 35.2 Å². The van der Waals surface area contributed by atoms with Crippen molar-refractivity contribution in [1.82, 2.24) is 9.97 Å². The van der Waals surface area contributed by atoms with E-state index in [0.717, 1.165) is 18.2 Å². The maximum absolute atomic E-state index is 13.9. The summed E-state index contributed by atoms with van der Waals surface area (Å²) in [5.41, 5.74) is 5.23. The molecule has 33 heavy (non-hydrogen) atoms. The number of alkyl halides is 3. The molecule has 0 unspecified atom stereocenters. The van der Waals surface area contributed by atoms with Gasteiger partial charge in [-0.1, -0.05) is 0 Å². The van der Waals surface area contributed by atoms with E-state index in [0.29, 0.717) is 38.8 Å². The van der Waals surface area contributed by atoms with Crippen molar-refractivity contribution < 1.29 is 34.2 Å². The number of nitrogen functional groups attached to an aromatic ring is 1. The summed E-state index contributed by atoms with van der Waals surface area (Å²) in [5, 5.41) is 0. The Morgan fingerprint density at radius 1 is 1.12 bits per heavy atom. The molecular formula is C21H22F5N5O2. The fourth-order valence-electron chi connectivity index (χ4n) is 4.48. The number of halogens is 5. The second kappa shape index (κ2) is 8.64. The van der Waals surface area contributed by atoms with Crippen molar-refractivity contribution in [3.8, 4) is 5.88 Å². The van der Waals surface area contributed by atoms with Gasteiger partial charge in [-0.25, -0.2) is 8.78 Å². The summed E-state index contributed by atoms with van der Waals surface area (Å²) >= 11 is 0. The molecule has 2 saturated heterocycles. The third-order valence-electron chi connectivity index (χ3n) is 5.91. The van der Waals surface area contributed by atoms with Crippen LogP contribution in [0.5, 0.6) is 5.88 Å². The maximum Gasteiger partial charge on any atom is 0.422 e. The highest BCUT2D eigenvalue weighted by molar-refractivity contribution is 5.95. The smallest absolute Gasteiger partial charge is 0.422 e. The van der Waals surface area contributed by atoms with Crippen LogP contribution in [0, 0.1) is 11.6 Å². The number of rotatable bonds is 4.